The standard InChI is InChI=1S/C13H24N2O3S/c1-10-9-12(11(2)18-10)19(16,17)14-13(3,4)7-8-15(5)6/h9,14H,7-8H2,1-6H3. The highest BCUT2D eigenvalue weighted by atomic mass is 32.2. The van der Waals surface area contributed by atoms with Gasteiger partial charge < -0.3 is 9.32 Å². The summed E-state index contributed by atoms with van der Waals surface area (Å²) < 4.78 is 32.7. The molecule has 0 unspecified atom stereocenters. The first-order valence-electron chi connectivity index (χ1n) is 6.29. The third-order valence-electron chi connectivity index (χ3n) is 2.88. The molecule has 1 rings (SSSR count). The van der Waals surface area contributed by atoms with Crippen molar-refractivity contribution in [3.63, 3.8) is 0 Å². The Morgan fingerprint density at radius 2 is 1.89 bits per heavy atom. The van der Waals surface area contributed by atoms with Crippen LogP contribution in [0.25, 0.3) is 0 Å². The van der Waals surface area contributed by atoms with Crippen molar-refractivity contribution in [2.45, 2.75) is 44.6 Å². The van der Waals surface area contributed by atoms with Crippen LogP contribution in [0.3, 0.4) is 0 Å². The number of nitrogens with one attached hydrogen (secondary N) is 1. The van der Waals surface area contributed by atoms with Crippen molar-refractivity contribution in [2.75, 3.05) is 20.6 Å². The quantitative estimate of drug-likeness (QED) is 0.868. The van der Waals surface area contributed by atoms with Gasteiger partial charge in [-0.05, 0) is 60.8 Å². The normalized spacial score (nSPS) is 13.2. The second kappa shape index (κ2) is 5.64. The molecule has 0 aliphatic rings. The maximum absolute atomic E-state index is 12.3. The van der Waals surface area contributed by atoms with Gasteiger partial charge in [-0.2, -0.15) is 0 Å². The molecule has 0 aromatic carbocycles. The van der Waals surface area contributed by atoms with Crippen molar-refractivity contribution in [1.29, 1.82) is 0 Å². The summed E-state index contributed by atoms with van der Waals surface area (Å²) in [6, 6.07) is 1.56. The van der Waals surface area contributed by atoms with Crippen LogP contribution in [0.2, 0.25) is 0 Å². The molecule has 6 heteroatoms. The molecule has 1 N–H and O–H groups in total. The molecule has 0 fully saturated rings. The van der Waals surface area contributed by atoms with Crippen LogP contribution in [0.1, 0.15) is 31.8 Å². The smallest absolute Gasteiger partial charge is 0.244 e. The van der Waals surface area contributed by atoms with Crippen molar-refractivity contribution in [1.82, 2.24) is 9.62 Å². The fourth-order valence-corrected chi connectivity index (χ4v) is 3.53. The van der Waals surface area contributed by atoms with Gasteiger partial charge in [0.2, 0.25) is 10.0 Å². The highest BCUT2D eigenvalue weighted by Crippen LogP contribution is 2.22. The Labute approximate surface area is 116 Å². The monoisotopic (exact) mass is 288 g/mol. The van der Waals surface area contributed by atoms with E-state index in [9.17, 15) is 8.42 Å². The van der Waals surface area contributed by atoms with Crippen molar-refractivity contribution in [2.24, 2.45) is 0 Å². The van der Waals surface area contributed by atoms with Crippen LogP contribution in [-0.2, 0) is 10.0 Å². The van der Waals surface area contributed by atoms with Gasteiger partial charge in [0.1, 0.15) is 16.4 Å². The Morgan fingerprint density at radius 1 is 1.32 bits per heavy atom. The third-order valence-corrected chi connectivity index (χ3v) is 4.69. The summed E-state index contributed by atoms with van der Waals surface area (Å²) in [6.07, 6.45) is 0.731. The summed E-state index contributed by atoms with van der Waals surface area (Å²) in [7, 11) is 0.395. The fraction of sp³-hybridized carbons (Fsp3) is 0.692. The first-order chi connectivity index (χ1) is 8.53. The zero-order chi connectivity index (χ0) is 14.8. The minimum Gasteiger partial charge on any atom is -0.465 e. The lowest BCUT2D eigenvalue weighted by molar-refractivity contribution is 0.327. The molecular weight excluding hydrogens is 264 g/mol. The van der Waals surface area contributed by atoms with Crippen LogP contribution in [0.5, 0.6) is 0 Å². The molecule has 0 radical (unpaired) electrons. The van der Waals surface area contributed by atoms with Gasteiger partial charge in [0.25, 0.3) is 0 Å². The fourth-order valence-electron chi connectivity index (χ4n) is 1.85. The summed E-state index contributed by atoms with van der Waals surface area (Å²) in [6.45, 7) is 7.99. The summed E-state index contributed by atoms with van der Waals surface area (Å²) in [5.41, 5.74) is -0.499. The summed E-state index contributed by atoms with van der Waals surface area (Å²) in [4.78, 5) is 2.26. The molecule has 0 spiro atoms. The molecule has 0 aliphatic carbocycles. The zero-order valence-corrected chi connectivity index (χ0v) is 13.4. The van der Waals surface area contributed by atoms with E-state index in [0.717, 1.165) is 13.0 Å². The number of nitrogens with zero attached hydrogens (tertiary/aromatic N) is 1. The van der Waals surface area contributed by atoms with Gasteiger partial charge in [-0.3, -0.25) is 0 Å². The summed E-state index contributed by atoms with van der Waals surface area (Å²) in [5, 5.41) is 0. The van der Waals surface area contributed by atoms with E-state index in [4.69, 9.17) is 4.42 Å². The Kier molecular flexibility index (Phi) is 4.81. The molecular formula is C13H24N2O3S. The topological polar surface area (TPSA) is 62.6 Å². The Morgan fingerprint density at radius 3 is 2.32 bits per heavy atom. The number of rotatable bonds is 6. The molecule has 0 bridgehead atoms. The number of sulfonamides is 1. The van der Waals surface area contributed by atoms with Crippen LogP contribution < -0.4 is 4.72 Å². The SMILES string of the molecule is Cc1cc(S(=O)(=O)NC(C)(C)CCN(C)C)c(C)o1. The van der Waals surface area contributed by atoms with Gasteiger partial charge >= 0.3 is 0 Å². The van der Waals surface area contributed by atoms with Crippen molar-refractivity contribution >= 4 is 10.0 Å². The lowest BCUT2D eigenvalue weighted by atomic mass is 10.0. The van der Waals surface area contributed by atoms with Crippen LogP contribution >= 0.6 is 0 Å². The minimum atomic E-state index is -3.54. The van der Waals surface area contributed by atoms with Crippen LogP contribution in [0, 0.1) is 13.8 Å². The van der Waals surface area contributed by atoms with Crippen LogP contribution in [0.4, 0.5) is 0 Å². The van der Waals surface area contributed by atoms with E-state index in [1.54, 1.807) is 19.9 Å². The molecule has 5 nitrogen and oxygen atoms in total. The Hall–Kier alpha value is -0.850. The van der Waals surface area contributed by atoms with E-state index in [2.05, 4.69) is 4.72 Å². The number of hydrogen-bond donors (Lipinski definition) is 1. The average molecular weight is 288 g/mol. The highest BCUT2D eigenvalue weighted by molar-refractivity contribution is 7.89. The molecule has 0 saturated carbocycles. The molecule has 1 heterocycles. The highest BCUT2D eigenvalue weighted by Gasteiger charge is 2.28. The first-order valence-corrected chi connectivity index (χ1v) is 7.77. The second-order valence-corrected chi connectivity index (χ2v) is 7.47. The minimum absolute atomic E-state index is 0.225. The molecule has 0 saturated heterocycles. The van der Waals surface area contributed by atoms with Crippen LogP contribution in [0.15, 0.2) is 15.4 Å². The molecule has 1 aromatic heterocycles. The Balaban J connectivity index is 2.88. The lowest BCUT2D eigenvalue weighted by Gasteiger charge is -2.27. The largest absolute Gasteiger partial charge is 0.465 e. The van der Waals surface area contributed by atoms with E-state index in [1.165, 1.54) is 0 Å². The molecule has 0 atom stereocenters. The van der Waals surface area contributed by atoms with Crippen molar-refractivity contribution < 1.29 is 12.8 Å². The van der Waals surface area contributed by atoms with E-state index in [1.807, 2.05) is 32.8 Å². The van der Waals surface area contributed by atoms with E-state index >= 15 is 0 Å². The van der Waals surface area contributed by atoms with Gasteiger partial charge in [0, 0.05) is 5.54 Å². The number of furan rings is 1. The molecule has 1 aromatic rings. The average Bonchev–Trinajstić information content (AvgIpc) is 2.54. The van der Waals surface area contributed by atoms with Gasteiger partial charge in [-0.1, -0.05) is 0 Å². The number of hydrogen-bond acceptors (Lipinski definition) is 4. The second-order valence-electron chi connectivity index (χ2n) is 5.82. The first kappa shape index (κ1) is 16.2. The Bertz CT molecular complexity index is 530. The zero-order valence-electron chi connectivity index (χ0n) is 12.6. The van der Waals surface area contributed by atoms with Crippen molar-refractivity contribution in [3.8, 4) is 0 Å². The maximum atomic E-state index is 12.3. The maximum Gasteiger partial charge on any atom is 0.244 e. The van der Waals surface area contributed by atoms with E-state index in [-0.39, 0.29) is 4.90 Å². The summed E-state index contributed by atoms with van der Waals surface area (Å²) >= 11 is 0. The van der Waals surface area contributed by atoms with Crippen molar-refractivity contribution in [3.05, 3.63) is 17.6 Å². The number of aryl methyl sites for hydroxylation is 2. The van der Waals surface area contributed by atoms with Gasteiger partial charge in [0.15, 0.2) is 0 Å². The van der Waals surface area contributed by atoms with E-state index in [0.29, 0.717) is 11.5 Å². The van der Waals surface area contributed by atoms with E-state index < -0.39 is 15.6 Å². The van der Waals surface area contributed by atoms with Gasteiger partial charge in [-0.25, -0.2) is 13.1 Å². The summed E-state index contributed by atoms with van der Waals surface area (Å²) in [5.74, 6) is 1.03. The predicted molar refractivity (Wildman–Crippen MR) is 75.8 cm³/mol. The molecule has 110 valence electrons. The third kappa shape index (κ3) is 4.63. The van der Waals surface area contributed by atoms with Gasteiger partial charge in [-0.15, -0.1) is 0 Å². The molecule has 0 aliphatic heterocycles. The predicted octanol–water partition coefficient (Wildman–Crippen LogP) is 1.91. The molecule has 0 amide bonds. The van der Waals surface area contributed by atoms with Gasteiger partial charge in [0.05, 0.1) is 0 Å². The van der Waals surface area contributed by atoms with Crippen LogP contribution in [-0.4, -0.2) is 39.5 Å². The lowest BCUT2D eigenvalue weighted by Crippen LogP contribution is -2.45. The molecule has 19 heavy (non-hydrogen) atoms.